The smallest absolute Gasteiger partial charge is 0.343 e. The Balaban J connectivity index is 2.10. The molecular weight excluding hydrogens is 244 g/mol. The lowest BCUT2D eigenvalue weighted by atomic mass is 10.1. The Bertz CT molecular complexity index is 635. The number of aliphatic imine (C=N–C) groups is 3. The molecule has 0 atom stereocenters. The first-order chi connectivity index (χ1) is 9.20. The lowest BCUT2D eigenvalue weighted by Gasteiger charge is -2.32. The normalized spacial score (nSPS) is 19.7. The molecule has 0 spiro atoms. The van der Waals surface area contributed by atoms with Crippen molar-refractivity contribution >= 4 is 23.5 Å². The van der Waals surface area contributed by atoms with Crippen LogP contribution in [-0.4, -0.2) is 35.0 Å². The topological polar surface area (TPSA) is 66.6 Å². The third-order valence-electron chi connectivity index (χ3n) is 2.77. The number of hydrogen-bond acceptors (Lipinski definition) is 6. The van der Waals surface area contributed by atoms with Crippen molar-refractivity contribution in [1.82, 2.24) is 4.90 Å². The summed E-state index contributed by atoms with van der Waals surface area (Å²) in [5.41, 5.74) is 0.348. The fourth-order valence-corrected chi connectivity index (χ4v) is 2.01. The fourth-order valence-electron chi connectivity index (χ4n) is 2.01. The van der Waals surface area contributed by atoms with Crippen LogP contribution in [0, 0.1) is 0 Å². The summed E-state index contributed by atoms with van der Waals surface area (Å²) in [5.74, 6) is 2.10. The van der Waals surface area contributed by atoms with E-state index in [4.69, 9.17) is 4.74 Å². The quantitative estimate of drug-likeness (QED) is 0.701. The van der Waals surface area contributed by atoms with Gasteiger partial charge in [-0.05, 0) is 26.0 Å². The van der Waals surface area contributed by atoms with Crippen molar-refractivity contribution < 1.29 is 9.53 Å². The summed E-state index contributed by atoms with van der Waals surface area (Å²) >= 11 is 0. The Morgan fingerprint density at radius 3 is 3.05 bits per heavy atom. The van der Waals surface area contributed by atoms with Crippen molar-refractivity contribution in [2.45, 2.75) is 13.8 Å². The maximum Gasteiger partial charge on any atom is 0.343 e. The third-order valence-corrected chi connectivity index (χ3v) is 2.77. The molecule has 0 N–H and O–H groups in total. The van der Waals surface area contributed by atoms with Crippen LogP contribution < -0.4 is 0 Å². The number of nitrogens with zero attached hydrogens (tertiary/aromatic N) is 4. The second-order valence-corrected chi connectivity index (χ2v) is 4.06. The molecule has 96 valence electrons. The number of carbonyl (C=O) groups excluding carboxylic acids is 1. The van der Waals surface area contributed by atoms with Crippen LogP contribution in [0.3, 0.4) is 0 Å². The van der Waals surface area contributed by atoms with Crippen molar-refractivity contribution in [1.29, 1.82) is 0 Å². The molecule has 3 aliphatic rings. The fraction of sp³-hybridized carbons (Fsp3) is 0.231. The zero-order valence-electron chi connectivity index (χ0n) is 10.6. The molecule has 0 bridgehead atoms. The van der Waals surface area contributed by atoms with Gasteiger partial charge in [0.25, 0.3) is 0 Å². The molecule has 0 radical (unpaired) electrons. The minimum Gasteiger partial charge on any atom is -0.462 e. The standard InChI is InChI=1S/C13H12N4O2/c1-3-19-13(18)9-7-14-10-5-4-6-11-15-8(2)16-12(9)17(10)11/h4-7H,3H2,1-2H3. The largest absolute Gasteiger partial charge is 0.462 e. The van der Waals surface area contributed by atoms with Crippen LogP contribution in [0.2, 0.25) is 0 Å². The van der Waals surface area contributed by atoms with E-state index in [0.717, 1.165) is 0 Å². The lowest BCUT2D eigenvalue weighted by Crippen LogP contribution is -2.43. The van der Waals surface area contributed by atoms with Gasteiger partial charge < -0.3 is 4.74 Å². The van der Waals surface area contributed by atoms with Crippen molar-refractivity contribution in [3.05, 3.63) is 35.8 Å². The summed E-state index contributed by atoms with van der Waals surface area (Å²) in [7, 11) is 0. The molecular formula is C13H12N4O2. The maximum absolute atomic E-state index is 11.9. The Morgan fingerprint density at radius 2 is 2.26 bits per heavy atom. The van der Waals surface area contributed by atoms with E-state index in [1.807, 2.05) is 18.2 Å². The molecule has 19 heavy (non-hydrogen) atoms. The van der Waals surface area contributed by atoms with E-state index < -0.39 is 5.97 Å². The average molecular weight is 256 g/mol. The van der Waals surface area contributed by atoms with Crippen molar-refractivity contribution in [3.63, 3.8) is 0 Å². The number of hydrogen-bond donors (Lipinski definition) is 0. The van der Waals surface area contributed by atoms with E-state index >= 15 is 0 Å². The van der Waals surface area contributed by atoms with Crippen LogP contribution >= 0.6 is 0 Å². The van der Waals surface area contributed by atoms with Crippen molar-refractivity contribution in [2.24, 2.45) is 15.0 Å². The Hall–Kier alpha value is -2.50. The second-order valence-electron chi connectivity index (χ2n) is 4.06. The van der Waals surface area contributed by atoms with Gasteiger partial charge in [-0.15, -0.1) is 0 Å². The molecule has 0 aromatic rings. The average Bonchev–Trinajstić information content (AvgIpc) is 2.39. The highest BCUT2D eigenvalue weighted by molar-refractivity contribution is 6.29. The van der Waals surface area contributed by atoms with Gasteiger partial charge in [-0.1, -0.05) is 6.08 Å². The van der Waals surface area contributed by atoms with E-state index in [1.165, 1.54) is 6.20 Å². The summed E-state index contributed by atoms with van der Waals surface area (Å²) in [4.78, 5) is 26.6. The SMILES string of the molecule is CCOC(=O)C1=CN=C2C=CC=C3N=C(C)N=C1N32. The number of amidine groups is 3. The van der Waals surface area contributed by atoms with Crippen LogP contribution in [0.4, 0.5) is 0 Å². The molecule has 6 heteroatoms. The summed E-state index contributed by atoms with van der Waals surface area (Å²) in [6.45, 7) is 3.87. The van der Waals surface area contributed by atoms with Gasteiger partial charge in [0.1, 0.15) is 23.1 Å². The van der Waals surface area contributed by atoms with Gasteiger partial charge in [0.15, 0.2) is 5.84 Å². The highest BCUT2D eigenvalue weighted by atomic mass is 16.5. The summed E-state index contributed by atoms with van der Waals surface area (Å²) in [6.07, 6.45) is 7.06. The highest BCUT2D eigenvalue weighted by Crippen LogP contribution is 2.25. The first-order valence-electron chi connectivity index (χ1n) is 5.98. The van der Waals surface area contributed by atoms with Crippen molar-refractivity contribution in [2.75, 3.05) is 6.61 Å². The first-order valence-corrected chi connectivity index (χ1v) is 5.98. The van der Waals surface area contributed by atoms with Crippen LogP contribution in [0.5, 0.6) is 0 Å². The number of esters is 1. The Kier molecular flexibility index (Phi) is 2.63. The van der Waals surface area contributed by atoms with Crippen LogP contribution in [0.15, 0.2) is 50.8 Å². The van der Waals surface area contributed by atoms with Gasteiger partial charge >= 0.3 is 5.97 Å². The predicted molar refractivity (Wildman–Crippen MR) is 71.8 cm³/mol. The molecule has 0 unspecified atom stereocenters. The van der Waals surface area contributed by atoms with Gasteiger partial charge in [0.2, 0.25) is 0 Å². The third kappa shape index (κ3) is 1.81. The molecule has 3 rings (SSSR count). The zero-order valence-corrected chi connectivity index (χ0v) is 10.6. The molecule has 6 nitrogen and oxygen atoms in total. The minimum atomic E-state index is -0.423. The lowest BCUT2D eigenvalue weighted by molar-refractivity contribution is -0.137. The molecule has 0 amide bonds. The van der Waals surface area contributed by atoms with Gasteiger partial charge in [0, 0.05) is 6.20 Å². The number of ether oxygens (including phenoxy) is 1. The van der Waals surface area contributed by atoms with Gasteiger partial charge in [-0.25, -0.2) is 19.8 Å². The van der Waals surface area contributed by atoms with Gasteiger partial charge in [-0.2, -0.15) is 0 Å². The van der Waals surface area contributed by atoms with E-state index in [-0.39, 0.29) is 0 Å². The van der Waals surface area contributed by atoms with E-state index in [2.05, 4.69) is 15.0 Å². The zero-order chi connectivity index (χ0) is 13.4. The van der Waals surface area contributed by atoms with Crippen LogP contribution in [0.25, 0.3) is 0 Å². The maximum atomic E-state index is 11.9. The number of carbonyl (C=O) groups is 1. The molecule has 0 fully saturated rings. The van der Waals surface area contributed by atoms with Crippen molar-refractivity contribution in [3.8, 4) is 0 Å². The molecule has 0 aromatic heterocycles. The Morgan fingerprint density at radius 1 is 1.42 bits per heavy atom. The molecule has 0 saturated heterocycles. The van der Waals surface area contributed by atoms with Crippen LogP contribution in [-0.2, 0) is 9.53 Å². The monoisotopic (exact) mass is 256 g/mol. The molecule has 3 heterocycles. The molecule has 0 aromatic carbocycles. The summed E-state index contributed by atoms with van der Waals surface area (Å²) in [5, 5.41) is 0. The molecule has 3 aliphatic heterocycles. The predicted octanol–water partition coefficient (Wildman–Crippen LogP) is 1.39. The summed E-state index contributed by atoms with van der Waals surface area (Å²) in [6, 6.07) is 0. The van der Waals surface area contributed by atoms with Gasteiger partial charge in [-0.3, -0.25) is 4.90 Å². The van der Waals surface area contributed by atoms with Gasteiger partial charge in [0.05, 0.1) is 6.61 Å². The van der Waals surface area contributed by atoms with E-state index in [1.54, 1.807) is 18.7 Å². The Labute approximate surface area is 110 Å². The highest BCUT2D eigenvalue weighted by Gasteiger charge is 2.34. The van der Waals surface area contributed by atoms with E-state index in [0.29, 0.717) is 35.5 Å². The summed E-state index contributed by atoms with van der Waals surface area (Å²) < 4.78 is 5.03. The number of rotatable bonds is 2. The second kappa shape index (κ2) is 4.31. The molecule has 0 saturated carbocycles. The number of allylic oxidation sites excluding steroid dienone is 2. The first kappa shape index (κ1) is 11.6. The molecule has 0 aliphatic carbocycles. The minimum absolute atomic E-state index is 0.315. The van der Waals surface area contributed by atoms with E-state index in [9.17, 15) is 4.79 Å². The van der Waals surface area contributed by atoms with Crippen LogP contribution in [0.1, 0.15) is 13.8 Å².